The van der Waals surface area contributed by atoms with Crippen LogP contribution in [0.2, 0.25) is 0 Å². The Labute approximate surface area is 219 Å². The quantitative estimate of drug-likeness (QED) is 0.432. The van der Waals surface area contributed by atoms with Crippen LogP contribution < -0.4 is 5.32 Å². The molecule has 2 amide bonds. The number of hydrogen-bond acceptors (Lipinski definition) is 6. The normalized spacial score (nSPS) is 21.9. The Balaban J connectivity index is 1.64. The topological polar surface area (TPSA) is 122 Å². The molecule has 1 aromatic carbocycles. The first-order valence-corrected chi connectivity index (χ1v) is 13.5. The van der Waals surface area contributed by atoms with E-state index in [1.807, 2.05) is 39.8 Å². The van der Waals surface area contributed by atoms with Crippen molar-refractivity contribution in [1.29, 1.82) is 0 Å². The highest BCUT2D eigenvalue weighted by Crippen LogP contribution is 2.40. The minimum atomic E-state index is -0.927. The highest BCUT2D eigenvalue weighted by molar-refractivity contribution is 6.00. The van der Waals surface area contributed by atoms with Crippen LogP contribution >= 0.6 is 0 Å². The fourth-order valence-corrected chi connectivity index (χ4v) is 5.92. The summed E-state index contributed by atoms with van der Waals surface area (Å²) >= 11 is 0. The Morgan fingerprint density at radius 3 is 2.32 bits per heavy atom. The summed E-state index contributed by atoms with van der Waals surface area (Å²) in [5, 5.41) is 31.0. The van der Waals surface area contributed by atoms with Crippen LogP contribution in [-0.2, 0) is 9.59 Å². The van der Waals surface area contributed by atoms with Crippen LogP contribution in [0.3, 0.4) is 0 Å². The highest BCUT2D eigenvalue weighted by Gasteiger charge is 2.55. The lowest BCUT2D eigenvalue weighted by atomic mass is 9.79. The van der Waals surface area contributed by atoms with Gasteiger partial charge in [-0.3, -0.25) is 19.6 Å². The van der Waals surface area contributed by atoms with Crippen LogP contribution in [0.1, 0.15) is 75.0 Å². The third-order valence-electron chi connectivity index (χ3n) is 8.18. The monoisotopic (exact) mass is 511 g/mol. The number of nitrogens with zero attached hydrogens (tertiary/aromatic N) is 3. The van der Waals surface area contributed by atoms with Crippen molar-refractivity contribution in [3.8, 4) is 5.75 Å². The van der Waals surface area contributed by atoms with E-state index in [4.69, 9.17) is 0 Å². The molecule has 202 valence electrons. The number of aromatic hydroxyl groups is 1. The number of amides is 2. The Morgan fingerprint density at radius 2 is 1.78 bits per heavy atom. The van der Waals surface area contributed by atoms with Crippen molar-refractivity contribution in [3.05, 3.63) is 46.8 Å². The number of aliphatic hydroxyl groups excluding tert-OH is 1. The van der Waals surface area contributed by atoms with Gasteiger partial charge in [-0.25, -0.2) is 0 Å². The molecule has 3 heterocycles. The average Bonchev–Trinajstić information content (AvgIpc) is 3.21. The summed E-state index contributed by atoms with van der Waals surface area (Å²) in [5.74, 6) is -0.280. The fourth-order valence-electron chi connectivity index (χ4n) is 5.92. The number of aromatic nitrogens is 2. The van der Waals surface area contributed by atoms with Gasteiger partial charge in [0.25, 0.3) is 0 Å². The molecule has 2 aliphatic rings. The number of likely N-dealkylation sites (tertiary alicyclic amines) is 1. The number of hydrogen-bond donors (Lipinski definition) is 4. The molecule has 1 aromatic heterocycles. The maximum Gasteiger partial charge on any atom is 0.248 e. The molecule has 2 aromatic rings. The maximum atomic E-state index is 13.7. The summed E-state index contributed by atoms with van der Waals surface area (Å²) < 4.78 is 0. The van der Waals surface area contributed by atoms with Gasteiger partial charge >= 0.3 is 0 Å². The third-order valence-corrected chi connectivity index (χ3v) is 8.18. The molecule has 9 heteroatoms. The van der Waals surface area contributed by atoms with E-state index in [-0.39, 0.29) is 29.5 Å². The van der Waals surface area contributed by atoms with Crippen molar-refractivity contribution in [1.82, 2.24) is 25.3 Å². The van der Waals surface area contributed by atoms with Crippen LogP contribution in [0.15, 0.2) is 24.3 Å². The lowest BCUT2D eigenvalue weighted by Gasteiger charge is -2.53. The van der Waals surface area contributed by atoms with Crippen LogP contribution in [0, 0.1) is 19.8 Å². The van der Waals surface area contributed by atoms with Crippen molar-refractivity contribution < 1.29 is 19.8 Å². The van der Waals surface area contributed by atoms with Crippen molar-refractivity contribution in [2.45, 2.75) is 84.0 Å². The Morgan fingerprint density at radius 1 is 1.14 bits per heavy atom. The van der Waals surface area contributed by atoms with Gasteiger partial charge < -0.3 is 20.4 Å². The van der Waals surface area contributed by atoms with Crippen LogP contribution in [0.5, 0.6) is 5.75 Å². The summed E-state index contributed by atoms with van der Waals surface area (Å²) in [4.78, 5) is 31.4. The molecule has 1 spiro atoms. The second kappa shape index (κ2) is 10.8. The first-order chi connectivity index (χ1) is 17.6. The molecule has 2 aliphatic heterocycles. The van der Waals surface area contributed by atoms with Crippen molar-refractivity contribution >= 4 is 11.8 Å². The third kappa shape index (κ3) is 4.99. The molecule has 2 fully saturated rings. The number of piperidine rings is 1. The number of aromatic amines is 1. The van der Waals surface area contributed by atoms with Gasteiger partial charge in [0.05, 0.1) is 17.8 Å². The van der Waals surface area contributed by atoms with Crippen molar-refractivity contribution in [2.24, 2.45) is 5.92 Å². The molecule has 0 radical (unpaired) electrons. The van der Waals surface area contributed by atoms with Crippen LogP contribution in [0.25, 0.3) is 0 Å². The second-order valence-corrected chi connectivity index (χ2v) is 10.9. The van der Waals surface area contributed by atoms with Gasteiger partial charge in [0.15, 0.2) is 0 Å². The lowest BCUT2D eigenvalue weighted by molar-refractivity contribution is -0.165. The number of rotatable bonds is 8. The van der Waals surface area contributed by atoms with Gasteiger partial charge in [0, 0.05) is 30.9 Å². The molecular weight excluding hydrogens is 470 g/mol. The van der Waals surface area contributed by atoms with Crippen LogP contribution in [0.4, 0.5) is 0 Å². The average molecular weight is 512 g/mol. The zero-order valence-electron chi connectivity index (χ0n) is 22.6. The van der Waals surface area contributed by atoms with Crippen molar-refractivity contribution in [3.63, 3.8) is 0 Å². The summed E-state index contributed by atoms with van der Waals surface area (Å²) in [6.07, 6.45) is 1.79. The largest absolute Gasteiger partial charge is 0.508 e. The van der Waals surface area contributed by atoms with Gasteiger partial charge in [-0.05, 0) is 56.7 Å². The number of carbonyl (C=O) groups excluding carboxylic acids is 2. The van der Waals surface area contributed by atoms with E-state index in [0.717, 1.165) is 35.4 Å². The number of aliphatic hydroxyl groups is 1. The first kappa shape index (κ1) is 27.1. The molecular formula is C28H41N5O4. The van der Waals surface area contributed by atoms with E-state index in [1.165, 1.54) is 0 Å². The van der Waals surface area contributed by atoms with E-state index in [1.54, 1.807) is 17.0 Å². The van der Waals surface area contributed by atoms with E-state index >= 15 is 0 Å². The predicted molar refractivity (Wildman–Crippen MR) is 141 cm³/mol. The summed E-state index contributed by atoms with van der Waals surface area (Å²) in [7, 11) is 0. The molecule has 2 saturated heterocycles. The van der Waals surface area contributed by atoms with Crippen molar-refractivity contribution in [2.75, 3.05) is 19.6 Å². The van der Waals surface area contributed by atoms with Gasteiger partial charge in [0.1, 0.15) is 17.3 Å². The summed E-state index contributed by atoms with van der Waals surface area (Å²) in [6.45, 7) is 11.5. The molecule has 9 nitrogen and oxygen atoms in total. The number of phenols is 1. The first-order valence-electron chi connectivity index (χ1n) is 13.5. The zero-order valence-corrected chi connectivity index (χ0v) is 22.6. The summed E-state index contributed by atoms with van der Waals surface area (Å²) in [6, 6.07) is 6.24. The maximum absolute atomic E-state index is 13.7. The van der Waals surface area contributed by atoms with Gasteiger partial charge in [-0.1, -0.05) is 39.3 Å². The van der Waals surface area contributed by atoms with E-state index in [2.05, 4.69) is 27.3 Å². The number of H-pyrrole nitrogens is 1. The molecule has 4 N–H and O–H groups in total. The number of carbonyl (C=O) groups is 2. The molecule has 37 heavy (non-hydrogen) atoms. The highest BCUT2D eigenvalue weighted by atomic mass is 16.3. The summed E-state index contributed by atoms with van der Waals surface area (Å²) in [5.41, 5.74) is 3.10. The minimum Gasteiger partial charge on any atom is -0.508 e. The number of nitrogens with one attached hydrogen (secondary N) is 2. The molecule has 4 rings (SSSR count). The number of aryl methyl sites for hydroxylation is 2. The molecule has 0 saturated carbocycles. The van der Waals surface area contributed by atoms with E-state index in [0.29, 0.717) is 32.5 Å². The number of unbranched alkanes of at least 4 members (excludes halogenated alkanes) is 1. The number of benzene rings is 1. The van der Waals surface area contributed by atoms with Gasteiger partial charge in [-0.15, -0.1) is 0 Å². The fraction of sp³-hybridized carbons (Fsp3) is 0.607. The minimum absolute atomic E-state index is 0.0985. The standard InChI is InChI=1S/C28H41N5O4/c1-6-7-14-33-26(36)23(25(35)17(2)3)29-27(37)28(33)12-15-32(16-13-28)24(20-8-10-21(34)11-9-20)22-18(4)30-31-19(22)5/h8-11,17,23-25,34-35H,6-7,12-16H2,1-5H3,(H,29,37)(H,30,31)/t23-,24?,25-/m1/s1. The molecule has 1 unspecified atom stereocenters. The predicted octanol–water partition coefficient (Wildman–Crippen LogP) is 2.80. The molecule has 0 aliphatic carbocycles. The van der Waals surface area contributed by atoms with Gasteiger partial charge in [-0.2, -0.15) is 5.10 Å². The lowest BCUT2D eigenvalue weighted by Crippen LogP contribution is -2.75. The van der Waals surface area contributed by atoms with E-state index in [9.17, 15) is 19.8 Å². The number of piperazine rings is 1. The van der Waals surface area contributed by atoms with E-state index < -0.39 is 17.7 Å². The molecule has 3 atom stereocenters. The Bertz CT molecular complexity index is 1080. The Hall–Kier alpha value is -2.91. The van der Waals surface area contributed by atoms with Gasteiger partial charge in [0.2, 0.25) is 11.8 Å². The Kier molecular flexibility index (Phi) is 7.94. The smallest absolute Gasteiger partial charge is 0.248 e. The SMILES string of the molecule is CCCCN1C(=O)[C@@H]([C@H](O)C(C)C)NC(=O)C12CCN(C(c1ccc(O)cc1)c1c(C)n[nH]c1C)CC2. The number of phenolic OH excluding ortho intramolecular Hbond substituents is 1. The van der Waals surface area contributed by atoms with Crippen LogP contribution in [-0.4, -0.2) is 79.3 Å². The second-order valence-electron chi connectivity index (χ2n) is 10.9. The zero-order chi connectivity index (χ0) is 26.9. The molecule has 0 bridgehead atoms.